The van der Waals surface area contributed by atoms with Crippen LogP contribution in [0.15, 0.2) is 24.4 Å². The van der Waals surface area contributed by atoms with Crippen LogP contribution in [-0.4, -0.2) is 58.7 Å². The number of fused-ring (bicyclic) bond motifs is 1. The average molecular weight is 375 g/mol. The monoisotopic (exact) mass is 375 g/mol. The van der Waals surface area contributed by atoms with Gasteiger partial charge in [0.05, 0.1) is 37.8 Å². The van der Waals surface area contributed by atoms with E-state index in [-0.39, 0.29) is 24.3 Å². The predicted molar refractivity (Wildman–Crippen MR) is 93.5 cm³/mol. The molecule has 0 aliphatic carbocycles. The third-order valence-electron chi connectivity index (χ3n) is 4.73. The highest BCUT2D eigenvalue weighted by atomic mass is 19.1. The first-order valence-electron chi connectivity index (χ1n) is 9.08. The largest absolute Gasteiger partial charge is 0.493 e. The second-order valence-corrected chi connectivity index (χ2v) is 6.74. The molecule has 1 unspecified atom stereocenters. The Bertz CT molecular complexity index is 806. The number of rotatable bonds is 5. The number of aromatic nitrogens is 3. The number of morpholine rings is 1. The van der Waals surface area contributed by atoms with Crippen LogP contribution in [0.3, 0.4) is 0 Å². The van der Waals surface area contributed by atoms with Gasteiger partial charge in [0.25, 0.3) is 0 Å². The summed E-state index contributed by atoms with van der Waals surface area (Å²) >= 11 is 0. The molecule has 0 bridgehead atoms. The van der Waals surface area contributed by atoms with Crippen LogP contribution >= 0.6 is 0 Å². The molecule has 0 saturated carbocycles. The van der Waals surface area contributed by atoms with E-state index >= 15 is 0 Å². The summed E-state index contributed by atoms with van der Waals surface area (Å²) in [4.78, 5) is 14.7. The lowest BCUT2D eigenvalue weighted by Crippen LogP contribution is -2.35. The van der Waals surface area contributed by atoms with Gasteiger partial charge in [-0.05, 0) is 18.2 Å². The van der Waals surface area contributed by atoms with Crippen LogP contribution in [0, 0.1) is 5.82 Å². The van der Waals surface area contributed by atoms with E-state index in [0.717, 1.165) is 32.0 Å². The Hall–Kier alpha value is -2.52. The second kappa shape index (κ2) is 8.01. The van der Waals surface area contributed by atoms with Crippen molar-refractivity contribution in [3.05, 3.63) is 41.5 Å². The Morgan fingerprint density at radius 3 is 3.00 bits per heavy atom. The zero-order chi connectivity index (χ0) is 18.6. The fourth-order valence-electron chi connectivity index (χ4n) is 3.38. The highest BCUT2D eigenvalue weighted by Gasteiger charge is 2.24. The molecule has 0 spiro atoms. The minimum absolute atomic E-state index is 0.0676. The Morgan fingerprint density at radius 2 is 2.15 bits per heavy atom. The molecule has 2 aliphatic rings. The lowest BCUT2D eigenvalue weighted by molar-refractivity contribution is -0.122. The number of ether oxygens (including phenoxy) is 2. The fraction of sp³-hybridized carbons (Fsp3) is 0.500. The molecule has 3 heterocycles. The minimum atomic E-state index is -0.345. The van der Waals surface area contributed by atoms with Crippen molar-refractivity contribution >= 4 is 5.91 Å². The summed E-state index contributed by atoms with van der Waals surface area (Å²) in [5, 5.41) is 11.1. The molecule has 144 valence electrons. The highest BCUT2D eigenvalue weighted by molar-refractivity contribution is 5.76. The van der Waals surface area contributed by atoms with Gasteiger partial charge in [0.1, 0.15) is 18.1 Å². The average Bonchev–Trinajstić information content (AvgIpc) is 3.09. The number of halogens is 1. The van der Waals surface area contributed by atoms with Crippen molar-refractivity contribution in [1.82, 2.24) is 25.2 Å². The van der Waals surface area contributed by atoms with Gasteiger partial charge in [-0.3, -0.25) is 9.69 Å². The number of amides is 1. The van der Waals surface area contributed by atoms with Crippen molar-refractivity contribution in [2.24, 2.45) is 0 Å². The first kappa shape index (κ1) is 17.9. The zero-order valence-electron chi connectivity index (χ0n) is 14.9. The van der Waals surface area contributed by atoms with Gasteiger partial charge in [-0.15, -0.1) is 5.10 Å². The van der Waals surface area contributed by atoms with Crippen molar-refractivity contribution in [3.63, 3.8) is 0 Å². The normalized spacial score (nSPS) is 20.0. The molecular formula is C18H22FN5O3. The highest BCUT2D eigenvalue weighted by Crippen LogP contribution is 2.32. The molecule has 1 N–H and O–H groups in total. The smallest absolute Gasteiger partial charge is 0.242 e. The summed E-state index contributed by atoms with van der Waals surface area (Å²) in [6, 6.07) is 4.09. The van der Waals surface area contributed by atoms with Gasteiger partial charge in [0.15, 0.2) is 0 Å². The zero-order valence-corrected chi connectivity index (χ0v) is 14.9. The van der Waals surface area contributed by atoms with E-state index in [9.17, 15) is 9.18 Å². The molecule has 2 aliphatic heterocycles. The molecule has 1 aromatic carbocycles. The molecule has 0 radical (unpaired) electrons. The standard InChI is InChI=1S/C18H22FN5O3/c19-13-1-2-17-15(9-13)16(3-6-27-17)20-18(25)12-24-11-14(21-22-24)10-23-4-7-26-8-5-23/h1-2,9,11,16H,3-8,10,12H2,(H,20,25). The number of carbonyl (C=O) groups excluding carboxylic acids is 1. The second-order valence-electron chi connectivity index (χ2n) is 6.74. The van der Waals surface area contributed by atoms with Crippen molar-refractivity contribution < 1.29 is 18.7 Å². The molecular weight excluding hydrogens is 353 g/mol. The number of carbonyl (C=O) groups is 1. The minimum Gasteiger partial charge on any atom is -0.493 e. The Morgan fingerprint density at radius 1 is 1.30 bits per heavy atom. The first-order chi connectivity index (χ1) is 13.2. The summed E-state index contributed by atoms with van der Waals surface area (Å²) in [5.74, 6) is 0.0731. The predicted octanol–water partition coefficient (Wildman–Crippen LogP) is 0.889. The van der Waals surface area contributed by atoms with Gasteiger partial charge >= 0.3 is 0 Å². The van der Waals surface area contributed by atoms with Crippen LogP contribution in [0.2, 0.25) is 0 Å². The van der Waals surface area contributed by atoms with E-state index in [1.807, 2.05) is 0 Å². The van der Waals surface area contributed by atoms with E-state index in [1.165, 1.54) is 16.8 Å². The van der Waals surface area contributed by atoms with Gasteiger partial charge in [-0.25, -0.2) is 9.07 Å². The Balaban J connectivity index is 1.34. The quantitative estimate of drug-likeness (QED) is 0.836. The molecule has 8 nitrogen and oxygen atoms in total. The van der Waals surface area contributed by atoms with Crippen molar-refractivity contribution in [2.45, 2.75) is 25.6 Å². The Labute approximate surface area is 156 Å². The molecule has 9 heteroatoms. The third kappa shape index (κ3) is 4.42. The molecule has 1 saturated heterocycles. The summed E-state index contributed by atoms with van der Waals surface area (Å²) in [7, 11) is 0. The van der Waals surface area contributed by atoms with Crippen molar-refractivity contribution in [2.75, 3.05) is 32.9 Å². The lowest BCUT2D eigenvalue weighted by Gasteiger charge is -2.26. The number of nitrogens with one attached hydrogen (secondary N) is 1. The summed E-state index contributed by atoms with van der Waals surface area (Å²) in [5.41, 5.74) is 1.49. The number of benzene rings is 1. The van der Waals surface area contributed by atoms with Gasteiger partial charge in [0.2, 0.25) is 5.91 Å². The van der Waals surface area contributed by atoms with Gasteiger partial charge in [-0.2, -0.15) is 0 Å². The van der Waals surface area contributed by atoms with Crippen molar-refractivity contribution in [1.29, 1.82) is 0 Å². The maximum atomic E-state index is 13.5. The first-order valence-corrected chi connectivity index (χ1v) is 9.08. The van der Waals surface area contributed by atoms with Crippen molar-refractivity contribution in [3.8, 4) is 5.75 Å². The molecule has 1 aromatic heterocycles. The SMILES string of the molecule is O=C(Cn1cc(CN2CCOCC2)nn1)NC1CCOc2ccc(F)cc21. The summed E-state index contributed by atoms with van der Waals surface area (Å²) in [6.45, 7) is 4.43. The number of hydrogen-bond acceptors (Lipinski definition) is 6. The van der Waals surface area contributed by atoms with E-state index < -0.39 is 0 Å². The van der Waals surface area contributed by atoms with E-state index in [2.05, 4.69) is 20.5 Å². The topological polar surface area (TPSA) is 81.5 Å². The van der Waals surface area contributed by atoms with E-state index in [0.29, 0.717) is 30.9 Å². The molecule has 27 heavy (non-hydrogen) atoms. The van der Waals surface area contributed by atoms with Crippen LogP contribution in [0.25, 0.3) is 0 Å². The molecule has 1 atom stereocenters. The third-order valence-corrected chi connectivity index (χ3v) is 4.73. The Kier molecular flexibility index (Phi) is 5.30. The molecule has 2 aromatic rings. The maximum Gasteiger partial charge on any atom is 0.242 e. The summed E-state index contributed by atoms with van der Waals surface area (Å²) in [6.07, 6.45) is 2.38. The molecule has 1 fully saturated rings. The summed E-state index contributed by atoms with van der Waals surface area (Å²) < 4.78 is 25.9. The fourth-order valence-corrected chi connectivity index (χ4v) is 3.38. The van der Waals surface area contributed by atoms with Crippen LogP contribution in [0.5, 0.6) is 5.75 Å². The van der Waals surface area contributed by atoms with E-state index in [4.69, 9.17) is 9.47 Å². The van der Waals surface area contributed by atoms with Crippen LogP contribution in [0.1, 0.15) is 23.7 Å². The molecule has 1 amide bonds. The van der Waals surface area contributed by atoms with Gasteiger partial charge in [0, 0.05) is 31.6 Å². The lowest BCUT2D eigenvalue weighted by atomic mass is 10.0. The van der Waals surface area contributed by atoms with Gasteiger partial charge < -0.3 is 14.8 Å². The van der Waals surface area contributed by atoms with Crippen LogP contribution in [0.4, 0.5) is 4.39 Å². The van der Waals surface area contributed by atoms with Crippen LogP contribution < -0.4 is 10.1 Å². The molecule has 4 rings (SSSR count). The van der Waals surface area contributed by atoms with Crippen LogP contribution in [-0.2, 0) is 22.6 Å². The number of nitrogens with zero attached hydrogens (tertiary/aromatic N) is 4. The van der Waals surface area contributed by atoms with Gasteiger partial charge in [-0.1, -0.05) is 5.21 Å². The van der Waals surface area contributed by atoms with E-state index in [1.54, 1.807) is 12.3 Å². The maximum absolute atomic E-state index is 13.5. The number of hydrogen-bond donors (Lipinski definition) is 1.